The summed E-state index contributed by atoms with van der Waals surface area (Å²) >= 11 is 1.30. The minimum absolute atomic E-state index is 0.0696. The van der Waals surface area contributed by atoms with Crippen LogP contribution in [0, 0.1) is 12.7 Å². The van der Waals surface area contributed by atoms with Gasteiger partial charge >= 0.3 is 0 Å². The molecule has 2 amide bonds. The molecule has 2 aromatic rings. The number of carbonyl (C=O) groups excluding carboxylic acids is 2. The molecular weight excluding hydrogens is 389 g/mol. The molecule has 0 unspecified atom stereocenters. The average molecular weight is 416 g/mol. The van der Waals surface area contributed by atoms with Crippen molar-refractivity contribution in [2.75, 3.05) is 43.0 Å². The monoisotopic (exact) mass is 415 g/mol. The number of aryl methyl sites for hydroxylation is 1. The summed E-state index contributed by atoms with van der Waals surface area (Å²) < 4.78 is 12.9. The predicted octanol–water partition coefficient (Wildman–Crippen LogP) is 3.15. The highest BCUT2D eigenvalue weighted by Gasteiger charge is 2.21. The number of amides is 2. The molecule has 0 bridgehead atoms. The molecule has 0 atom stereocenters. The van der Waals surface area contributed by atoms with E-state index in [0.29, 0.717) is 18.8 Å². The van der Waals surface area contributed by atoms with Crippen LogP contribution in [0.5, 0.6) is 0 Å². The molecule has 154 valence electrons. The minimum Gasteiger partial charge on any atom is -0.339 e. The fourth-order valence-electron chi connectivity index (χ4n) is 3.24. The number of carbonyl (C=O) groups is 2. The molecule has 0 spiro atoms. The molecule has 0 aliphatic carbocycles. The predicted molar refractivity (Wildman–Crippen MR) is 115 cm³/mol. The smallest absolute Gasteiger partial charge is 0.234 e. The van der Waals surface area contributed by atoms with Crippen LogP contribution in [0.4, 0.5) is 10.1 Å². The summed E-state index contributed by atoms with van der Waals surface area (Å²) in [5, 5.41) is 2.70. The number of nitrogens with one attached hydrogen (secondary N) is 1. The second kappa shape index (κ2) is 10.4. The third-order valence-electron chi connectivity index (χ3n) is 4.97. The number of halogens is 1. The van der Waals surface area contributed by atoms with Crippen molar-refractivity contribution in [3.05, 3.63) is 65.5 Å². The number of thioether (sulfide) groups is 1. The SMILES string of the molecule is Cc1ccccc1CN1CCN(C(=O)CSCC(=O)Nc2ccc(F)cc2)CC1. The summed E-state index contributed by atoms with van der Waals surface area (Å²) in [5.41, 5.74) is 3.17. The number of benzene rings is 2. The zero-order valence-corrected chi connectivity index (χ0v) is 17.4. The zero-order valence-electron chi connectivity index (χ0n) is 16.6. The van der Waals surface area contributed by atoms with E-state index in [-0.39, 0.29) is 29.1 Å². The van der Waals surface area contributed by atoms with E-state index < -0.39 is 0 Å². The van der Waals surface area contributed by atoms with Gasteiger partial charge in [-0.15, -0.1) is 11.8 Å². The number of nitrogens with zero attached hydrogens (tertiary/aromatic N) is 2. The Morgan fingerprint density at radius 2 is 1.69 bits per heavy atom. The number of rotatable bonds is 7. The Labute approximate surface area is 175 Å². The maximum absolute atomic E-state index is 12.9. The highest BCUT2D eigenvalue weighted by Crippen LogP contribution is 2.14. The van der Waals surface area contributed by atoms with E-state index in [1.54, 1.807) is 0 Å². The van der Waals surface area contributed by atoms with E-state index in [4.69, 9.17) is 0 Å². The van der Waals surface area contributed by atoms with Gasteiger partial charge in [-0.05, 0) is 42.3 Å². The first kappa shape index (κ1) is 21.3. The number of hydrogen-bond donors (Lipinski definition) is 1. The minimum atomic E-state index is -0.345. The van der Waals surface area contributed by atoms with Crippen molar-refractivity contribution in [2.45, 2.75) is 13.5 Å². The Balaban J connectivity index is 1.35. The van der Waals surface area contributed by atoms with Gasteiger partial charge in [-0.2, -0.15) is 0 Å². The molecule has 29 heavy (non-hydrogen) atoms. The Kier molecular flexibility index (Phi) is 7.66. The Bertz CT molecular complexity index is 836. The van der Waals surface area contributed by atoms with E-state index in [2.05, 4.69) is 35.3 Å². The molecule has 5 nitrogen and oxygen atoms in total. The summed E-state index contributed by atoms with van der Waals surface area (Å²) in [5.74, 6) is 0.00454. The Hall–Kier alpha value is -2.38. The van der Waals surface area contributed by atoms with Crippen molar-refractivity contribution >= 4 is 29.3 Å². The molecule has 0 saturated carbocycles. The van der Waals surface area contributed by atoms with Crippen molar-refractivity contribution in [2.24, 2.45) is 0 Å². The Morgan fingerprint density at radius 1 is 1.00 bits per heavy atom. The molecule has 1 aliphatic heterocycles. The van der Waals surface area contributed by atoms with E-state index in [9.17, 15) is 14.0 Å². The van der Waals surface area contributed by atoms with Crippen LogP contribution in [-0.4, -0.2) is 59.3 Å². The lowest BCUT2D eigenvalue weighted by molar-refractivity contribution is -0.130. The molecule has 1 N–H and O–H groups in total. The molecule has 0 radical (unpaired) electrons. The van der Waals surface area contributed by atoms with Gasteiger partial charge in [0, 0.05) is 38.4 Å². The van der Waals surface area contributed by atoms with Gasteiger partial charge in [-0.25, -0.2) is 4.39 Å². The molecule has 3 rings (SSSR count). The van der Waals surface area contributed by atoms with Crippen LogP contribution in [0.15, 0.2) is 48.5 Å². The van der Waals surface area contributed by atoms with Crippen LogP contribution in [0.1, 0.15) is 11.1 Å². The summed E-state index contributed by atoms with van der Waals surface area (Å²) in [6.07, 6.45) is 0. The van der Waals surface area contributed by atoms with Crippen molar-refractivity contribution in [3.8, 4) is 0 Å². The van der Waals surface area contributed by atoms with Gasteiger partial charge < -0.3 is 10.2 Å². The summed E-state index contributed by atoms with van der Waals surface area (Å²) in [7, 11) is 0. The molecular formula is C22H26FN3O2S. The lowest BCUT2D eigenvalue weighted by atomic mass is 10.1. The van der Waals surface area contributed by atoms with Crippen LogP contribution in [0.2, 0.25) is 0 Å². The summed E-state index contributed by atoms with van der Waals surface area (Å²) in [4.78, 5) is 28.6. The van der Waals surface area contributed by atoms with Crippen molar-refractivity contribution in [1.82, 2.24) is 9.80 Å². The first-order valence-electron chi connectivity index (χ1n) is 9.69. The van der Waals surface area contributed by atoms with Crippen LogP contribution in [-0.2, 0) is 16.1 Å². The van der Waals surface area contributed by atoms with Gasteiger partial charge in [-0.3, -0.25) is 14.5 Å². The topological polar surface area (TPSA) is 52.7 Å². The number of hydrogen-bond acceptors (Lipinski definition) is 4. The van der Waals surface area contributed by atoms with E-state index in [1.807, 2.05) is 11.0 Å². The first-order valence-corrected chi connectivity index (χ1v) is 10.8. The maximum Gasteiger partial charge on any atom is 0.234 e. The Morgan fingerprint density at radius 3 is 2.38 bits per heavy atom. The molecule has 1 heterocycles. The summed E-state index contributed by atoms with van der Waals surface area (Å²) in [6.45, 7) is 6.18. The number of anilines is 1. The van der Waals surface area contributed by atoms with Crippen LogP contribution < -0.4 is 5.32 Å². The molecule has 7 heteroatoms. The normalized spacial score (nSPS) is 14.6. The maximum atomic E-state index is 12.9. The van der Waals surface area contributed by atoms with Gasteiger partial charge in [0.15, 0.2) is 0 Å². The first-order chi connectivity index (χ1) is 14.0. The second-order valence-corrected chi connectivity index (χ2v) is 8.12. The number of piperazine rings is 1. The van der Waals surface area contributed by atoms with Gasteiger partial charge in [0.2, 0.25) is 11.8 Å². The second-order valence-electron chi connectivity index (χ2n) is 7.13. The highest BCUT2D eigenvalue weighted by atomic mass is 32.2. The average Bonchev–Trinajstić information content (AvgIpc) is 2.72. The van der Waals surface area contributed by atoms with Crippen LogP contribution in [0.3, 0.4) is 0 Å². The fraction of sp³-hybridized carbons (Fsp3) is 0.364. The lowest BCUT2D eigenvalue weighted by Crippen LogP contribution is -2.48. The zero-order chi connectivity index (χ0) is 20.6. The van der Waals surface area contributed by atoms with Crippen molar-refractivity contribution in [3.63, 3.8) is 0 Å². The summed E-state index contributed by atoms with van der Waals surface area (Å²) in [6, 6.07) is 14.0. The van der Waals surface area contributed by atoms with Crippen LogP contribution in [0.25, 0.3) is 0 Å². The largest absolute Gasteiger partial charge is 0.339 e. The van der Waals surface area contributed by atoms with Gasteiger partial charge in [0.05, 0.1) is 11.5 Å². The molecule has 0 aromatic heterocycles. The molecule has 1 aliphatic rings. The van der Waals surface area contributed by atoms with Crippen molar-refractivity contribution < 1.29 is 14.0 Å². The quantitative estimate of drug-likeness (QED) is 0.755. The van der Waals surface area contributed by atoms with Gasteiger partial charge in [0.1, 0.15) is 5.82 Å². The molecule has 1 saturated heterocycles. The van der Waals surface area contributed by atoms with Crippen molar-refractivity contribution in [1.29, 1.82) is 0 Å². The molecule has 1 fully saturated rings. The highest BCUT2D eigenvalue weighted by molar-refractivity contribution is 8.00. The lowest BCUT2D eigenvalue weighted by Gasteiger charge is -2.35. The molecule has 2 aromatic carbocycles. The van der Waals surface area contributed by atoms with E-state index in [0.717, 1.165) is 19.6 Å². The van der Waals surface area contributed by atoms with Gasteiger partial charge in [-0.1, -0.05) is 24.3 Å². The van der Waals surface area contributed by atoms with Crippen LogP contribution >= 0.6 is 11.8 Å². The van der Waals surface area contributed by atoms with E-state index in [1.165, 1.54) is 47.2 Å². The fourth-order valence-corrected chi connectivity index (χ4v) is 3.95. The standard InChI is InChI=1S/C22H26FN3O2S/c1-17-4-2-3-5-18(17)14-25-10-12-26(13-11-25)22(28)16-29-15-21(27)24-20-8-6-19(23)7-9-20/h2-9H,10-16H2,1H3,(H,24,27). The van der Waals surface area contributed by atoms with E-state index >= 15 is 0 Å². The third kappa shape index (κ3) is 6.58. The third-order valence-corrected chi connectivity index (χ3v) is 5.88. The van der Waals surface area contributed by atoms with Gasteiger partial charge in [0.25, 0.3) is 0 Å².